The van der Waals surface area contributed by atoms with E-state index in [1.807, 2.05) is 0 Å². The largest absolute Gasteiger partial charge is 0.483 e. The Morgan fingerprint density at radius 1 is 1.30 bits per heavy atom. The highest BCUT2D eigenvalue weighted by Crippen LogP contribution is 2.18. The minimum atomic E-state index is -0.171. The first-order valence-electron chi connectivity index (χ1n) is 6.76. The number of rotatable bonds is 5. The summed E-state index contributed by atoms with van der Waals surface area (Å²) in [5, 5.41) is 2.91. The predicted octanol–water partition coefficient (Wildman–Crippen LogP) is 1.56. The zero-order valence-corrected chi connectivity index (χ0v) is 11.6. The number of hydrogen-bond acceptors (Lipinski definition) is 4. The molecule has 1 N–H and O–H groups in total. The van der Waals surface area contributed by atoms with Gasteiger partial charge in [0.25, 0.3) is 5.91 Å². The third-order valence-corrected chi connectivity index (χ3v) is 3.21. The minimum Gasteiger partial charge on any atom is -0.483 e. The standard InChI is InChI=1S/C15H19NO4/c1-11(17)13-4-2-3-5-14(13)20-10-15(18)16-12-6-8-19-9-7-12/h2-5,12H,6-10H2,1H3,(H,16,18). The molecule has 0 spiro atoms. The Labute approximate surface area is 118 Å². The molecule has 0 bridgehead atoms. The number of ketones is 1. The van der Waals surface area contributed by atoms with Crippen LogP contribution in [-0.4, -0.2) is 37.6 Å². The van der Waals surface area contributed by atoms with Gasteiger partial charge in [0.15, 0.2) is 12.4 Å². The fourth-order valence-electron chi connectivity index (χ4n) is 2.14. The second-order valence-electron chi connectivity index (χ2n) is 4.80. The molecule has 2 rings (SSSR count). The Morgan fingerprint density at radius 3 is 2.70 bits per heavy atom. The van der Waals surface area contributed by atoms with Crippen molar-refractivity contribution in [2.45, 2.75) is 25.8 Å². The molecule has 0 atom stereocenters. The molecule has 5 nitrogen and oxygen atoms in total. The Kier molecular flexibility index (Phi) is 5.12. The van der Waals surface area contributed by atoms with Crippen LogP contribution in [0.3, 0.4) is 0 Å². The van der Waals surface area contributed by atoms with Crippen molar-refractivity contribution in [2.75, 3.05) is 19.8 Å². The van der Waals surface area contributed by atoms with Gasteiger partial charge in [0.2, 0.25) is 0 Å². The molecule has 108 valence electrons. The lowest BCUT2D eigenvalue weighted by molar-refractivity contribution is -0.124. The topological polar surface area (TPSA) is 64.6 Å². The van der Waals surface area contributed by atoms with Crippen LogP contribution in [0.2, 0.25) is 0 Å². The molecule has 0 aliphatic carbocycles. The molecule has 1 aromatic carbocycles. The molecule has 0 saturated carbocycles. The van der Waals surface area contributed by atoms with E-state index in [1.54, 1.807) is 24.3 Å². The zero-order chi connectivity index (χ0) is 14.4. The summed E-state index contributed by atoms with van der Waals surface area (Å²) in [4.78, 5) is 23.2. The van der Waals surface area contributed by atoms with E-state index in [2.05, 4.69) is 5.32 Å². The molecule has 0 unspecified atom stereocenters. The molecule has 5 heteroatoms. The number of Topliss-reactive ketones (excluding diaryl/α,β-unsaturated/α-hetero) is 1. The van der Waals surface area contributed by atoms with Crippen LogP contribution >= 0.6 is 0 Å². The predicted molar refractivity (Wildman–Crippen MR) is 73.9 cm³/mol. The van der Waals surface area contributed by atoms with Gasteiger partial charge in [-0.25, -0.2) is 0 Å². The van der Waals surface area contributed by atoms with Gasteiger partial charge in [-0.2, -0.15) is 0 Å². The Bertz CT molecular complexity index is 481. The first kappa shape index (κ1) is 14.5. The molecular formula is C15H19NO4. The van der Waals surface area contributed by atoms with Crippen LogP contribution in [0, 0.1) is 0 Å². The smallest absolute Gasteiger partial charge is 0.258 e. The molecule has 1 aromatic rings. The van der Waals surface area contributed by atoms with Crippen molar-refractivity contribution in [3.8, 4) is 5.75 Å². The van der Waals surface area contributed by atoms with Crippen molar-refractivity contribution in [3.05, 3.63) is 29.8 Å². The number of amides is 1. The number of ether oxygens (including phenoxy) is 2. The molecule has 1 fully saturated rings. The van der Waals surface area contributed by atoms with Crippen molar-refractivity contribution in [3.63, 3.8) is 0 Å². The lowest BCUT2D eigenvalue weighted by Gasteiger charge is -2.23. The van der Waals surface area contributed by atoms with Crippen LogP contribution in [0.4, 0.5) is 0 Å². The third kappa shape index (κ3) is 4.06. The van der Waals surface area contributed by atoms with Gasteiger partial charge in [0.05, 0.1) is 5.56 Å². The second-order valence-corrected chi connectivity index (χ2v) is 4.80. The number of carbonyl (C=O) groups is 2. The quantitative estimate of drug-likeness (QED) is 0.830. The number of para-hydroxylation sites is 1. The number of hydrogen-bond donors (Lipinski definition) is 1. The molecule has 0 radical (unpaired) electrons. The zero-order valence-electron chi connectivity index (χ0n) is 11.6. The Morgan fingerprint density at radius 2 is 2.00 bits per heavy atom. The van der Waals surface area contributed by atoms with Crippen molar-refractivity contribution >= 4 is 11.7 Å². The van der Waals surface area contributed by atoms with E-state index < -0.39 is 0 Å². The van der Waals surface area contributed by atoms with E-state index in [4.69, 9.17) is 9.47 Å². The van der Waals surface area contributed by atoms with E-state index in [1.165, 1.54) is 6.92 Å². The summed E-state index contributed by atoms with van der Waals surface area (Å²) in [7, 11) is 0. The third-order valence-electron chi connectivity index (χ3n) is 3.21. The van der Waals surface area contributed by atoms with Gasteiger partial charge >= 0.3 is 0 Å². The monoisotopic (exact) mass is 277 g/mol. The molecule has 1 aliphatic heterocycles. The van der Waals surface area contributed by atoms with Crippen LogP contribution in [-0.2, 0) is 9.53 Å². The number of benzene rings is 1. The molecule has 1 heterocycles. The first-order valence-corrected chi connectivity index (χ1v) is 6.76. The summed E-state index contributed by atoms with van der Waals surface area (Å²) < 4.78 is 10.7. The average molecular weight is 277 g/mol. The Hall–Kier alpha value is -1.88. The maximum Gasteiger partial charge on any atom is 0.258 e. The summed E-state index contributed by atoms with van der Waals surface area (Å²) in [6, 6.07) is 7.08. The maximum absolute atomic E-state index is 11.8. The van der Waals surface area contributed by atoms with E-state index in [0.717, 1.165) is 12.8 Å². The van der Waals surface area contributed by atoms with Gasteiger partial charge in [-0.15, -0.1) is 0 Å². The lowest BCUT2D eigenvalue weighted by atomic mass is 10.1. The molecule has 1 amide bonds. The Balaban J connectivity index is 1.85. The molecular weight excluding hydrogens is 258 g/mol. The lowest BCUT2D eigenvalue weighted by Crippen LogP contribution is -2.41. The van der Waals surface area contributed by atoms with Crippen molar-refractivity contribution in [1.29, 1.82) is 0 Å². The van der Waals surface area contributed by atoms with Gasteiger partial charge in [-0.3, -0.25) is 9.59 Å². The average Bonchev–Trinajstić information content (AvgIpc) is 2.46. The highest BCUT2D eigenvalue weighted by molar-refractivity contribution is 5.96. The fraction of sp³-hybridized carbons (Fsp3) is 0.467. The van der Waals surface area contributed by atoms with Crippen molar-refractivity contribution in [2.24, 2.45) is 0 Å². The normalized spacial score (nSPS) is 15.7. The SMILES string of the molecule is CC(=O)c1ccccc1OCC(=O)NC1CCOCC1. The number of carbonyl (C=O) groups excluding carboxylic acids is 2. The highest BCUT2D eigenvalue weighted by Gasteiger charge is 2.16. The van der Waals surface area contributed by atoms with Crippen molar-refractivity contribution < 1.29 is 19.1 Å². The molecule has 0 aromatic heterocycles. The van der Waals surface area contributed by atoms with Crippen LogP contribution in [0.25, 0.3) is 0 Å². The highest BCUT2D eigenvalue weighted by atomic mass is 16.5. The summed E-state index contributed by atoms with van der Waals surface area (Å²) in [5.41, 5.74) is 0.492. The fourth-order valence-corrected chi connectivity index (χ4v) is 2.14. The van der Waals surface area contributed by atoms with E-state index in [0.29, 0.717) is 24.5 Å². The van der Waals surface area contributed by atoms with Crippen LogP contribution in [0.1, 0.15) is 30.1 Å². The van der Waals surface area contributed by atoms with Crippen LogP contribution in [0.15, 0.2) is 24.3 Å². The maximum atomic E-state index is 11.8. The van der Waals surface area contributed by atoms with Crippen LogP contribution < -0.4 is 10.1 Å². The summed E-state index contributed by atoms with van der Waals surface area (Å²) in [5.74, 6) is 0.197. The summed E-state index contributed by atoms with van der Waals surface area (Å²) >= 11 is 0. The summed E-state index contributed by atoms with van der Waals surface area (Å²) in [6.45, 7) is 2.75. The van der Waals surface area contributed by atoms with Gasteiger partial charge in [0, 0.05) is 19.3 Å². The van der Waals surface area contributed by atoms with E-state index in [9.17, 15) is 9.59 Å². The van der Waals surface area contributed by atoms with E-state index in [-0.39, 0.29) is 24.3 Å². The molecule has 1 aliphatic rings. The first-order chi connectivity index (χ1) is 9.66. The number of nitrogens with one attached hydrogen (secondary N) is 1. The second kappa shape index (κ2) is 7.05. The van der Waals surface area contributed by atoms with Crippen LogP contribution in [0.5, 0.6) is 5.75 Å². The van der Waals surface area contributed by atoms with Gasteiger partial charge in [-0.1, -0.05) is 12.1 Å². The van der Waals surface area contributed by atoms with Crippen molar-refractivity contribution in [1.82, 2.24) is 5.32 Å². The summed E-state index contributed by atoms with van der Waals surface area (Å²) in [6.07, 6.45) is 1.66. The van der Waals surface area contributed by atoms with Gasteiger partial charge in [0.1, 0.15) is 5.75 Å². The molecule has 20 heavy (non-hydrogen) atoms. The minimum absolute atomic E-state index is 0.0783. The molecule has 1 saturated heterocycles. The van der Waals surface area contributed by atoms with Gasteiger partial charge in [-0.05, 0) is 31.9 Å². The van der Waals surface area contributed by atoms with Gasteiger partial charge < -0.3 is 14.8 Å². The van der Waals surface area contributed by atoms with E-state index >= 15 is 0 Å².